The van der Waals surface area contributed by atoms with E-state index in [0.717, 1.165) is 22.4 Å². The summed E-state index contributed by atoms with van der Waals surface area (Å²) in [5.74, 6) is -0.611. The Labute approximate surface area is 160 Å². The van der Waals surface area contributed by atoms with Crippen molar-refractivity contribution in [3.63, 3.8) is 0 Å². The SMILES string of the molecule is Cn1cc(-c2ncccc2CNC(=O)c2cc(-c3ccc(F)cc3)n[nH]2)cn1. The summed E-state index contributed by atoms with van der Waals surface area (Å²) in [7, 11) is 1.84. The molecule has 0 saturated heterocycles. The number of H-pyrrole nitrogens is 1. The Kier molecular flexibility index (Phi) is 4.67. The van der Waals surface area contributed by atoms with Crippen LogP contribution in [0.2, 0.25) is 0 Å². The largest absolute Gasteiger partial charge is 0.347 e. The second-order valence-electron chi connectivity index (χ2n) is 6.27. The van der Waals surface area contributed by atoms with Gasteiger partial charge in [0.25, 0.3) is 5.91 Å². The van der Waals surface area contributed by atoms with Gasteiger partial charge in [-0.25, -0.2) is 4.39 Å². The van der Waals surface area contributed by atoms with Crippen LogP contribution in [0.4, 0.5) is 4.39 Å². The van der Waals surface area contributed by atoms with Gasteiger partial charge in [-0.05, 0) is 42.0 Å². The number of amides is 1. The Hall–Kier alpha value is -3.81. The van der Waals surface area contributed by atoms with E-state index >= 15 is 0 Å². The summed E-state index contributed by atoms with van der Waals surface area (Å²) in [5, 5.41) is 13.9. The van der Waals surface area contributed by atoms with Gasteiger partial charge in [0.15, 0.2) is 0 Å². The summed E-state index contributed by atoms with van der Waals surface area (Å²) >= 11 is 0. The summed E-state index contributed by atoms with van der Waals surface area (Å²) in [6, 6.07) is 11.3. The number of halogens is 1. The normalized spacial score (nSPS) is 10.8. The number of hydrogen-bond donors (Lipinski definition) is 2. The van der Waals surface area contributed by atoms with Crippen molar-refractivity contribution in [3.8, 4) is 22.5 Å². The van der Waals surface area contributed by atoms with E-state index < -0.39 is 0 Å². The van der Waals surface area contributed by atoms with Crippen LogP contribution >= 0.6 is 0 Å². The number of aryl methyl sites for hydroxylation is 1. The lowest BCUT2D eigenvalue weighted by atomic mass is 10.1. The summed E-state index contributed by atoms with van der Waals surface area (Å²) in [5.41, 5.74) is 4.15. The maximum Gasteiger partial charge on any atom is 0.269 e. The molecule has 0 saturated carbocycles. The predicted molar refractivity (Wildman–Crippen MR) is 102 cm³/mol. The van der Waals surface area contributed by atoms with E-state index in [1.807, 2.05) is 25.4 Å². The van der Waals surface area contributed by atoms with Gasteiger partial charge in [0, 0.05) is 37.1 Å². The van der Waals surface area contributed by atoms with Gasteiger partial charge in [0.05, 0.1) is 17.6 Å². The molecule has 0 radical (unpaired) electrons. The molecule has 0 unspecified atom stereocenters. The molecule has 0 aliphatic carbocycles. The molecule has 0 aliphatic rings. The van der Waals surface area contributed by atoms with E-state index in [1.54, 1.807) is 35.3 Å². The molecular weight excluding hydrogens is 359 g/mol. The zero-order chi connectivity index (χ0) is 19.5. The lowest BCUT2D eigenvalue weighted by Gasteiger charge is -2.08. The first-order chi connectivity index (χ1) is 13.6. The molecular formula is C20H17FN6O. The summed E-state index contributed by atoms with van der Waals surface area (Å²) in [6.45, 7) is 0.307. The van der Waals surface area contributed by atoms with Crippen molar-refractivity contribution in [2.75, 3.05) is 0 Å². The van der Waals surface area contributed by atoms with Crippen LogP contribution < -0.4 is 5.32 Å². The number of carbonyl (C=O) groups is 1. The van der Waals surface area contributed by atoms with Gasteiger partial charge in [-0.2, -0.15) is 10.2 Å². The molecule has 140 valence electrons. The first-order valence-corrected chi connectivity index (χ1v) is 8.62. The van der Waals surface area contributed by atoms with E-state index in [9.17, 15) is 9.18 Å². The Morgan fingerprint density at radius 3 is 2.79 bits per heavy atom. The molecule has 0 atom stereocenters. The van der Waals surface area contributed by atoms with E-state index in [1.165, 1.54) is 12.1 Å². The number of pyridine rings is 1. The summed E-state index contributed by atoms with van der Waals surface area (Å²) < 4.78 is 14.8. The third-order valence-corrected chi connectivity index (χ3v) is 4.27. The van der Waals surface area contributed by atoms with Crippen LogP contribution in [0.5, 0.6) is 0 Å². The van der Waals surface area contributed by atoms with Gasteiger partial charge in [-0.1, -0.05) is 6.07 Å². The molecule has 8 heteroatoms. The Morgan fingerprint density at radius 2 is 2.04 bits per heavy atom. The molecule has 28 heavy (non-hydrogen) atoms. The number of hydrogen-bond acceptors (Lipinski definition) is 4. The molecule has 1 aromatic carbocycles. The fourth-order valence-electron chi connectivity index (χ4n) is 2.86. The number of nitrogens with one attached hydrogen (secondary N) is 2. The van der Waals surface area contributed by atoms with Gasteiger partial charge in [-0.15, -0.1) is 0 Å². The number of aromatic nitrogens is 5. The first kappa shape index (κ1) is 17.6. The second-order valence-corrected chi connectivity index (χ2v) is 6.27. The lowest BCUT2D eigenvalue weighted by molar-refractivity contribution is 0.0946. The summed E-state index contributed by atoms with van der Waals surface area (Å²) in [4.78, 5) is 16.9. The Morgan fingerprint density at radius 1 is 1.21 bits per heavy atom. The average molecular weight is 376 g/mol. The minimum atomic E-state index is -0.321. The van der Waals surface area contributed by atoms with E-state index in [2.05, 4.69) is 25.6 Å². The lowest BCUT2D eigenvalue weighted by Crippen LogP contribution is -2.23. The van der Waals surface area contributed by atoms with Crippen LogP contribution in [0.3, 0.4) is 0 Å². The van der Waals surface area contributed by atoms with Crippen LogP contribution in [-0.2, 0) is 13.6 Å². The molecule has 3 aromatic heterocycles. The second kappa shape index (κ2) is 7.43. The van der Waals surface area contributed by atoms with Crippen LogP contribution in [0.1, 0.15) is 16.1 Å². The molecule has 0 spiro atoms. The molecule has 2 N–H and O–H groups in total. The molecule has 0 fully saturated rings. The zero-order valence-corrected chi connectivity index (χ0v) is 15.1. The molecule has 7 nitrogen and oxygen atoms in total. The monoisotopic (exact) mass is 376 g/mol. The molecule has 1 amide bonds. The number of nitrogens with zero attached hydrogens (tertiary/aromatic N) is 4. The van der Waals surface area contributed by atoms with Gasteiger partial charge in [0.2, 0.25) is 0 Å². The van der Waals surface area contributed by atoms with E-state index in [0.29, 0.717) is 17.9 Å². The van der Waals surface area contributed by atoms with Gasteiger partial charge in [-0.3, -0.25) is 19.6 Å². The van der Waals surface area contributed by atoms with Crippen molar-refractivity contribution < 1.29 is 9.18 Å². The highest BCUT2D eigenvalue weighted by atomic mass is 19.1. The third-order valence-electron chi connectivity index (χ3n) is 4.27. The predicted octanol–water partition coefficient (Wildman–Crippen LogP) is 2.94. The fourth-order valence-corrected chi connectivity index (χ4v) is 2.86. The highest BCUT2D eigenvalue weighted by Crippen LogP contribution is 2.21. The first-order valence-electron chi connectivity index (χ1n) is 8.62. The third kappa shape index (κ3) is 3.66. The van der Waals surface area contributed by atoms with Crippen molar-refractivity contribution >= 4 is 5.91 Å². The molecule has 4 rings (SSSR count). The van der Waals surface area contributed by atoms with E-state index in [-0.39, 0.29) is 11.7 Å². The van der Waals surface area contributed by atoms with Crippen LogP contribution in [0, 0.1) is 5.82 Å². The number of carbonyl (C=O) groups excluding carboxylic acids is 1. The Bertz CT molecular complexity index is 1120. The maximum absolute atomic E-state index is 13.1. The molecule has 4 aromatic rings. The van der Waals surface area contributed by atoms with Crippen molar-refractivity contribution in [2.45, 2.75) is 6.54 Å². The zero-order valence-electron chi connectivity index (χ0n) is 15.1. The average Bonchev–Trinajstić information content (AvgIpc) is 3.36. The van der Waals surface area contributed by atoms with Gasteiger partial charge >= 0.3 is 0 Å². The topological polar surface area (TPSA) is 88.5 Å². The standard InChI is InChI=1S/C20H17FN6O/c1-27-12-15(11-24-27)19-14(3-2-8-22-19)10-23-20(28)18-9-17(25-26-18)13-4-6-16(21)7-5-13/h2-9,11-12H,10H2,1H3,(H,23,28)(H,25,26). The number of aromatic amines is 1. The van der Waals surface area contributed by atoms with Gasteiger partial charge in [0.1, 0.15) is 11.5 Å². The Balaban J connectivity index is 1.48. The maximum atomic E-state index is 13.1. The number of benzene rings is 1. The van der Waals surface area contributed by atoms with Crippen molar-refractivity contribution in [1.29, 1.82) is 0 Å². The minimum Gasteiger partial charge on any atom is -0.347 e. The van der Waals surface area contributed by atoms with Crippen molar-refractivity contribution in [2.24, 2.45) is 7.05 Å². The van der Waals surface area contributed by atoms with Crippen molar-refractivity contribution in [3.05, 3.63) is 78.1 Å². The van der Waals surface area contributed by atoms with Gasteiger partial charge < -0.3 is 5.32 Å². The molecule has 0 bridgehead atoms. The highest BCUT2D eigenvalue weighted by molar-refractivity contribution is 5.93. The van der Waals surface area contributed by atoms with Crippen molar-refractivity contribution in [1.82, 2.24) is 30.3 Å². The smallest absolute Gasteiger partial charge is 0.269 e. The van der Waals surface area contributed by atoms with Crippen LogP contribution in [-0.4, -0.2) is 30.9 Å². The summed E-state index contributed by atoms with van der Waals surface area (Å²) in [6.07, 6.45) is 5.31. The van der Waals surface area contributed by atoms with Crippen LogP contribution in [0.25, 0.3) is 22.5 Å². The highest BCUT2D eigenvalue weighted by Gasteiger charge is 2.13. The minimum absolute atomic E-state index is 0.290. The molecule has 3 heterocycles. The fraction of sp³-hybridized carbons (Fsp3) is 0.100. The number of rotatable bonds is 5. The quantitative estimate of drug-likeness (QED) is 0.561. The van der Waals surface area contributed by atoms with E-state index in [4.69, 9.17) is 0 Å². The molecule has 0 aliphatic heterocycles. The van der Waals surface area contributed by atoms with Crippen LogP contribution in [0.15, 0.2) is 61.1 Å².